The van der Waals surface area contributed by atoms with E-state index in [2.05, 4.69) is 20.8 Å². The second-order valence-electron chi connectivity index (χ2n) is 5.60. The van der Waals surface area contributed by atoms with Crippen molar-refractivity contribution in [2.45, 2.75) is 26.2 Å². The van der Waals surface area contributed by atoms with E-state index in [0.29, 0.717) is 5.75 Å². The van der Waals surface area contributed by atoms with Crippen molar-refractivity contribution in [3.05, 3.63) is 59.4 Å². The van der Waals surface area contributed by atoms with Crippen LogP contribution < -0.4 is 4.74 Å². The molecule has 0 saturated heterocycles. The second kappa shape index (κ2) is 5.34. The maximum absolute atomic E-state index is 13.5. The van der Waals surface area contributed by atoms with E-state index in [-0.39, 0.29) is 16.7 Å². The minimum absolute atomic E-state index is 0.000629. The quantitative estimate of drug-likeness (QED) is 0.785. The van der Waals surface area contributed by atoms with Crippen LogP contribution in [0.1, 0.15) is 31.9 Å². The summed E-state index contributed by atoms with van der Waals surface area (Å²) in [4.78, 5) is 0. The molecule has 0 amide bonds. The van der Waals surface area contributed by atoms with Gasteiger partial charge in [0.25, 0.3) is 0 Å². The first-order valence-corrected chi connectivity index (χ1v) is 6.39. The van der Waals surface area contributed by atoms with Crippen molar-refractivity contribution in [1.82, 2.24) is 0 Å². The van der Waals surface area contributed by atoms with Crippen LogP contribution in [-0.4, -0.2) is 0 Å². The Hall–Kier alpha value is -2.34. The average molecular weight is 269 g/mol. The molecule has 0 bridgehead atoms. The molecule has 0 aliphatic heterocycles. The van der Waals surface area contributed by atoms with Crippen LogP contribution in [0.2, 0.25) is 0 Å². The van der Waals surface area contributed by atoms with Crippen molar-refractivity contribution in [2.75, 3.05) is 0 Å². The van der Waals surface area contributed by atoms with Crippen LogP contribution in [0.25, 0.3) is 0 Å². The maximum Gasteiger partial charge on any atom is 0.148 e. The van der Waals surface area contributed by atoms with E-state index in [4.69, 9.17) is 10.00 Å². The van der Waals surface area contributed by atoms with Gasteiger partial charge in [0, 0.05) is 0 Å². The van der Waals surface area contributed by atoms with E-state index < -0.39 is 5.82 Å². The Kier molecular flexibility index (Phi) is 3.76. The molecule has 0 fully saturated rings. The highest BCUT2D eigenvalue weighted by Gasteiger charge is 2.15. The van der Waals surface area contributed by atoms with E-state index in [1.807, 2.05) is 24.3 Å². The Labute approximate surface area is 118 Å². The molecule has 2 aromatic rings. The molecule has 0 aliphatic carbocycles. The highest BCUT2D eigenvalue weighted by molar-refractivity contribution is 5.46. The highest BCUT2D eigenvalue weighted by atomic mass is 19.1. The van der Waals surface area contributed by atoms with E-state index in [0.717, 1.165) is 5.56 Å². The van der Waals surface area contributed by atoms with Crippen molar-refractivity contribution in [3.8, 4) is 17.6 Å². The molecule has 0 aromatic heterocycles. The summed E-state index contributed by atoms with van der Waals surface area (Å²) in [6.07, 6.45) is 0. The number of benzene rings is 2. The molecular formula is C17H16FNO. The molecule has 0 heterocycles. The molecular weight excluding hydrogens is 253 g/mol. The Morgan fingerprint density at radius 1 is 1.10 bits per heavy atom. The van der Waals surface area contributed by atoms with E-state index >= 15 is 0 Å². The average Bonchev–Trinajstić information content (AvgIpc) is 2.38. The molecule has 0 saturated carbocycles. The number of nitrogens with zero attached hydrogens (tertiary/aromatic N) is 1. The molecule has 2 rings (SSSR count). The van der Waals surface area contributed by atoms with Gasteiger partial charge in [0.2, 0.25) is 0 Å². The Morgan fingerprint density at radius 2 is 1.80 bits per heavy atom. The fourth-order valence-electron chi connectivity index (χ4n) is 1.85. The number of halogens is 1. The van der Waals surface area contributed by atoms with Gasteiger partial charge in [-0.2, -0.15) is 5.26 Å². The lowest BCUT2D eigenvalue weighted by Gasteiger charge is -2.19. The second-order valence-corrected chi connectivity index (χ2v) is 5.60. The van der Waals surface area contributed by atoms with Crippen LogP contribution in [-0.2, 0) is 5.41 Å². The molecule has 0 atom stereocenters. The summed E-state index contributed by atoms with van der Waals surface area (Å²) < 4.78 is 19.2. The number of hydrogen-bond donors (Lipinski definition) is 0. The first kappa shape index (κ1) is 14.1. The van der Waals surface area contributed by atoms with Crippen molar-refractivity contribution in [1.29, 1.82) is 5.26 Å². The van der Waals surface area contributed by atoms with E-state index in [1.165, 1.54) is 12.1 Å². The zero-order valence-electron chi connectivity index (χ0n) is 11.8. The number of rotatable bonds is 2. The van der Waals surface area contributed by atoms with Gasteiger partial charge in [-0.3, -0.25) is 0 Å². The predicted octanol–water partition coefficient (Wildman–Crippen LogP) is 4.79. The highest BCUT2D eigenvalue weighted by Crippen LogP contribution is 2.30. The predicted molar refractivity (Wildman–Crippen MR) is 76.3 cm³/mol. The zero-order valence-corrected chi connectivity index (χ0v) is 11.8. The van der Waals surface area contributed by atoms with Gasteiger partial charge in [-0.15, -0.1) is 0 Å². The molecule has 3 heteroatoms. The van der Waals surface area contributed by atoms with Crippen LogP contribution in [0.5, 0.6) is 11.5 Å². The van der Waals surface area contributed by atoms with Gasteiger partial charge in [-0.1, -0.05) is 39.0 Å². The van der Waals surface area contributed by atoms with Crippen LogP contribution in [0, 0.1) is 17.1 Å². The van der Waals surface area contributed by atoms with E-state index in [9.17, 15) is 4.39 Å². The van der Waals surface area contributed by atoms with Crippen LogP contribution in [0.3, 0.4) is 0 Å². The normalized spacial score (nSPS) is 10.9. The topological polar surface area (TPSA) is 33.0 Å². The monoisotopic (exact) mass is 269 g/mol. The molecule has 0 radical (unpaired) electrons. The third kappa shape index (κ3) is 2.97. The molecule has 0 spiro atoms. The van der Waals surface area contributed by atoms with Crippen LogP contribution in [0.15, 0.2) is 42.5 Å². The Bertz CT molecular complexity index is 665. The van der Waals surface area contributed by atoms with Crippen molar-refractivity contribution in [2.24, 2.45) is 0 Å². The van der Waals surface area contributed by atoms with Crippen molar-refractivity contribution < 1.29 is 9.13 Å². The third-order valence-corrected chi connectivity index (χ3v) is 3.02. The first-order valence-electron chi connectivity index (χ1n) is 6.39. The lowest BCUT2D eigenvalue weighted by molar-refractivity contribution is 0.471. The third-order valence-electron chi connectivity index (χ3n) is 3.02. The molecule has 0 aliphatic rings. The van der Waals surface area contributed by atoms with Crippen molar-refractivity contribution in [3.63, 3.8) is 0 Å². The van der Waals surface area contributed by atoms with Crippen LogP contribution >= 0.6 is 0 Å². The molecule has 2 nitrogen and oxygen atoms in total. The first-order chi connectivity index (χ1) is 9.41. The van der Waals surface area contributed by atoms with Crippen molar-refractivity contribution >= 4 is 0 Å². The molecule has 0 unspecified atom stereocenters. The summed E-state index contributed by atoms with van der Waals surface area (Å²) in [6, 6.07) is 13.8. The molecule has 102 valence electrons. The summed E-state index contributed by atoms with van der Waals surface area (Å²) in [5.41, 5.74) is 1.04. The van der Waals surface area contributed by atoms with Gasteiger partial charge in [-0.25, -0.2) is 4.39 Å². The van der Waals surface area contributed by atoms with Crippen LogP contribution in [0.4, 0.5) is 4.39 Å². The number of hydrogen-bond acceptors (Lipinski definition) is 2. The largest absolute Gasteiger partial charge is 0.456 e. The Balaban J connectivity index is 2.37. The van der Waals surface area contributed by atoms with Gasteiger partial charge < -0.3 is 4.74 Å². The van der Waals surface area contributed by atoms with Gasteiger partial charge >= 0.3 is 0 Å². The lowest BCUT2D eigenvalue weighted by Crippen LogP contribution is -2.10. The SMILES string of the molecule is CC(C)(C)c1cccc(Oc2cccc(F)c2C#N)c1. The fourth-order valence-corrected chi connectivity index (χ4v) is 1.85. The standard InChI is InChI=1S/C17H16FNO/c1-17(2,3)12-6-4-7-13(10-12)20-16-9-5-8-15(18)14(16)11-19/h4-10H,1-3H3. The minimum Gasteiger partial charge on any atom is -0.456 e. The van der Waals surface area contributed by atoms with Gasteiger partial charge in [0.05, 0.1) is 0 Å². The fraction of sp³-hybridized carbons (Fsp3) is 0.235. The summed E-state index contributed by atoms with van der Waals surface area (Å²) >= 11 is 0. The number of ether oxygens (including phenoxy) is 1. The smallest absolute Gasteiger partial charge is 0.148 e. The summed E-state index contributed by atoms with van der Waals surface area (Å²) in [6.45, 7) is 6.32. The zero-order chi connectivity index (χ0) is 14.8. The van der Waals surface area contributed by atoms with Gasteiger partial charge in [0.1, 0.15) is 28.9 Å². The minimum atomic E-state index is -0.572. The van der Waals surface area contributed by atoms with E-state index in [1.54, 1.807) is 12.1 Å². The Morgan fingerprint density at radius 3 is 2.45 bits per heavy atom. The molecule has 0 N–H and O–H groups in total. The van der Waals surface area contributed by atoms with Gasteiger partial charge in [0.15, 0.2) is 0 Å². The molecule has 2 aromatic carbocycles. The number of nitriles is 1. The molecule has 20 heavy (non-hydrogen) atoms. The summed E-state index contributed by atoms with van der Waals surface area (Å²) in [7, 11) is 0. The summed E-state index contributed by atoms with van der Waals surface area (Å²) in [5.74, 6) is 0.259. The van der Waals surface area contributed by atoms with Gasteiger partial charge in [-0.05, 0) is 35.2 Å². The summed E-state index contributed by atoms with van der Waals surface area (Å²) in [5, 5.41) is 8.99. The lowest BCUT2D eigenvalue weighted by atomic mass is 9.87. The maximum atomic E-state index is 13.5.